The highest BCUT2D eigenvalue weighted by atomic mass is 16.2. The molecular weight excluding hydrogens is 328 g/mol. The van der Waals surface area contributed by atoms with Crippen LogP contribution in [-0.4, -0.2) is 74.5 Å². The molecule has 0 aromatic heterocycles. The molecule has 0 saturated carbocycles. The van der Waals surface area contributed by atoms with Crippen LogP contribution in [0.1, 0.15) is 27.2 Å². The van der Waals surface area contributed by atoms with E-state index in [2.05, 4.69) is 29.0 Å². The van der Waals surface area contributed by atoms with Crippen LogP contribution in [0.25, 0.3) is 0 Å². The smallest absolute Gasteiger partial charge is 0.224 e. The molecule has 6 nitrogen and oxygen atoms in total. The lowest BCUT2D eigenvalue weighted by molar-refractivity contribution is -0.130. The van der Waals surface area contributed by atoms with Crippen LogP contribution >= 0.6 is 0 Å². The van der Waals surface area contributed by atoms with Crippen molar-refractivity contribution in [2.75, 3.05) is 62.7 Å². The Kier molecular flexibility index (Phi) is 7.45. The summed E-state index contributed by atoms with van der Waals surface area (Å²) >= 11 is 0. The Morgan fingerprint density at radius 2 is 1.58 bits per heavy atom. The van der Waals surface area contributed by atoms with E-state index in [-0.39, 0.29) is 11.8 Å². The van der Waals surface area contributed by atoms with Gasteiger partial charge in [0.25, 0.3) is 0 Å². The van der Waals surface area contributed by atoms with Crippen molar-refractivity contribution < 1.29 is 9.59 Å². The molecule has 1 aliphatic heterocycles. The van der Waals surface area contributed by atoms with E-state index in [9.17, 15) is 9.59 Å². The summed E-state index contributed by atoms with van der Waals surface area (Å²) in [6, 6.07) is 8.11. The summed E-state index contributed by atoms with van der Waals surface area (Å²) in [6.45, 7) is 11.5. The van der Waals surface area contributed by atoms with Gasteiger partial charge in [0.05, 0.1) is 0 Å². The molecule has 1 aromatic rings. The van der Waals surface area contributed by atoms with E-state index in [0.29, 0.717) is 26.1 Å². The standard InChI is InChI=1S/C20H32N4O2/c1-5-22(6-2)20(26)11-12-24(17(3)25)19-9-7-18(8-10-19)23-15-13-21(4)14-16-23/h7-10H,5-6,11-16H2,1-4H3. The Morgan fingerprint density at radius 3 is 2.08 bits per heavy atom. The minimum absolute atomic E-state index is 0.0373. The predicted octanol–water partition coefficient (Wildman–Crippen LogP) is 2.05. The summed E-state index contributed by atoms with van der Waals surface area (Å²) in [5.74, 6) is 0.0556. The third-order valence-corrected chi connectivity index (χ3v) is 5.08. The number of rotatable bonds is 7. The molecule has 0 aliphatic carbocycles. The molecule has 0 unspecified atom stereocenters. The van der Waals surface area contributed by atoms with Gasteiger partial charge in [0.15, 0.2) is 0 Å². The molecule has 1 aliphatic rings. The lowest BCUT2D eigenvalue weighted by atomic mass is 10.2. The number of carbonyl (C=O) groups is 2. The molecule has 2 amide bonds. The molecule has 1 aromatic carbocycles. The average molecular weight is 361 g/mol. The minimum atomic E-state index is -0.0373. The summed E-state index contributed by atoms with van der Waals surface area (Å²) in [7, 11) is 2.14. The van der Waals surface area contributed by atoms with Crippen molar-refractivity contribution in [3.05, 3.63) is 24.3 Å². The molecule has 2 rings (SSSR count). The van der Waals surface area contributed by atoms with Crippen LogP contribution in [-0.2, 0) is 9.59 Å². The van der Waals surface area contributed by atoms with Crippen molar-refractivity contribution in [2.45, 2.75) is 27.2 Å². The van der Waals surface area contributed by atoms with E-state index in [0.717, 1.165) is 31.9 Å². The summed E-state index contributed by atoms with van der Waals surface area (Å²) in [5.41, 5.74) is 2.03. The van der Waals surface area contributed by atoms with Crippen LogP contribution < -0.4 is 9.80 Å². The number of amides is 2. The number of hydrogen-bond acceptors (Lipinski definition) is 4. The van der Waals surface area contributed by atoms with E-state index in [4.69, 9.17) is 0 Å². The van der Waals surface area contributed by atoms with Gasteiger partial charge in [0.2, 0.25) is 11.8 Å². The Labute approximate surface area is 157 Å². The summed E-state index contributed by atoms with van der Waals surface area (Å²) < 4.78 is 0. The maximum Gasteiger partial charge on any atom is 0.224 e. The molecule has 144 valence electrons. The molecule has 0 atom stereocenters. The molecular formula is C20H32N4O2. The van der Waals surface area contributed by atoms with Gasteiger partial charge in [-0.3, -0.25) is 9.59 Å². The molecule has 0 N–H and O–H groups in total. The number of hydrogen-bond donors (Lipinski definition) is 0. The molecule has 6 heteroatoms. The van der Waals surface area contributed by atoms with E-state index >= 15 is 0 Å². The zero-order chi connectivity index (χ0) is 19.1. The van der Waals surface area contributed by atoms with Gasteiger partial charge in [0, 0.05) is 70.5 Å². The highest BCUT2D eigenvalue weighted by molar-refractivity contribution is 5.92. The van der Waals surface area contributed by atoms with E-state index in [1.807, 2.05) is 26.0 Å². The molecule has 0 spiro atoms. The van der Waals surface area contributed by atoms with Crippen molar-refractivity contribution in [2.24, 2.45) is 0 Å². The summed E-state index contributed by atoms with van der Waals surface area (Å²) in [4.78, 5) is 32.5. The zero-order valence-corrected chi connectivity index (χ0v) is 16.6. The first-order chi connectivity index (χ1) is 12.5. The van der Waals surface area contributed by atoms with E-state index < -0.39 is 0 Å². The fourth-order valence-corrected chi connectivity index (χ4v) is 3.32. The van der Waals surface area contributed by atoms with Gasteiger partial charge in [-0.15, -0.1) is 0 Å². The number of anilines is 2. The fraction of sp³-hybridized carbons (Fsp3) is 0.600. The first-order valence-corrected chi connectivity index (χ1v) is 9.55. The number of nitrogens with zero attached hydrogens (tertiary/aromatic N) is 4. The number of carbonyl (C=O) groups excluding carboxylic acids is 2. The summed E-state index contributed by atoms with van der Waals surface area (Å²) in [5, 5.41) is 0. The fourth-order valence-electron chi connectivity index (χ4n) is 3.32. The second-order valence-electron chi connectivity index (χ2n) is 6.79. The van der Waals surface area contributed by atoms with Crippen molar-refractivity contribution in [1.29, 1.82) is 0 Å². The maximum absolute atomic E-state index is 12.2. The third-order valence-electron chi connectivity index (χ3n) is 5.08. The van der Waals surface area contributed by atoms with Gasteiger partial charge in [-0.05, 0) is 45.2 Å². The van der Waals surface area contributed by atoms with Crippen molar-refractivity contribution in [3.8, 4) is 0 Å². The monoisotopic (exact) mass is 360 g/mol. The minimum Gasteiger partial charge on any atom is -0.369 e. The van der Waals surface area contributed by atoms with Crippen LogP contribution in [0.5, 0.6) is 0 Å². The number of benzene rings is 1. The SMILES string of the molecule is CCN(CC)C(=O)CCN(C(C)=O)c1ccc(N2CCN(C)CC2)cc1. The molecule has 1 saturated heterocycles. The lowest BCUT2D eigenvalue weighted by Gasteiger charge is -2.34. The van der Waals surface area contributed by atoms with Gasteiger partial charge in [-0.25, -0.2) is 0 Å². The van der Waals surface area contributed by atoms with Crippen molar-refractivity contribution in [3.63, 3.8) is 0 Å². The first kappa shape index (κ1) is 20.2. The van der Waals surface area contributed by atoms with Gasteiger partial charge in [-0.1, -0.05) is 0 Å². The first-order valence-electron chi connectivity index (χ1n) is 9.55. The average Bonchev–Trinajstić information content (AvgIpc) is 2.64. The van der Waals surface area contributed by atoms with Crippen LogP contribution in [0.3, 0.4) is 0 Å². The lowest BCUT2D eigenvalue weighted by Crippen LogP contribution is -2.44. The molecule has 0 radical (unpaired) electrons. The van der Waals surface area contributed by atoms with Gasteiger partial charge in [-0.2, -0.15) is 0 Å². The van der Waals surface area contributed by atoms with E-state index in [1.165, 1.54) is 5.69 Å². The Balaban J connectivity index is 2.01. The van der Waals surface area contributed by atoms with Crippen molar-refractivity contribution in [1.82, 2.24) is 9.80 Å². The molecule has 1 fully saturated rings. The second kappa shape index (κ2) is 9.57. The van der Waals surface area contributed by atoms with Gasteiger partial charge in [0.1, 0.15) is 0 Å². The largest absolute Gasteiger partial charge is 0.369 e. The maximum atomic E-state index is 12.2. The highest BCUT2D eigenvalue weighted by Gasteiger charge is 2.17. The topological polar surface area (TPSA) is 47.1 Å². The molecule has 1 heterocycles. The Hall–Kier alpha value is -2.08. The molecule has 0 bridgehead atoms. The number of piperazine rings is 1. The van der Waals surface area contributed by atoms with Crippen LogP contribution in [0.15, 0.2) is 24.3 Å². The molecule has 26 heavy (non-hydrogen) atoms. The van der Waals surface area contributed by atoms with Gasteiger partial charge >= 0.3 is 0 Å². The Morgan fingerprint density at radius 1 is 1.00 bits per heavy atom. The predicted molar refractivity (Wildman–Crippen MR) is 107 cm³/mol. The van der Waals surface area contributed by atoms with Crippen molar-refractivity contribution >= 4 is 23.2 Å². The zero-order valence-electron chi connectivity index (χ0n) is 16.6. The normalized spacial score (nSPS) is 15.0. The van der Waals surface area contributed by atoms with Crippen LogP contribution in [0.4, 0.5) is 11.4 Å². The van der Waals surface area contributed by atoms with E-state index in [1.54, 1.807) is 16.7 Å². The summed E-state index contributed by atoms with van der Waals surface area (Å²) in [6.07, 6.45) is 0.349. The Bertz CT molecular complexity index is 590. The second-order valence-corrected chi connectivity index (χ2v) is 6.79. The third kappa shape index (κ3) is 5.21. The quantitative estimate of drug-likeness (QED) is 0.747. The van der Waals surface area contributed by atoms with Gasteiger partial charge < -0.3 is 19.6 Å². The van der Waals surface area contributed by atoms with Crippen LogP contribution in [0.2, 0.25) is 0 Å². The number of likely N-dealkylation sites (N-methyl/N-ethyl adjacent to an activating group) is 1. The highest BCUT2D eigenvalue weighted by Crippen LogP contribution is 2.22. The van der Waals surface area contributed by atoms with Crippen LogP contribution in [0, 0.1) is 0 Å².